The molecule has 39 heavy (non-hydrogen) atoms. The van der Waals surface area contributed by atoms with Crippen molar-refractivity contribution in [2.45, 2.75) is 82.7 Å². The van der Waals surface area contributed by atoms with E-state index in [1.165, 1.54) is 24.8 Å². The third-order valence-corrected chi connectivity index (χ3v) is 11.5. The molecule has 6 nitrogen and oxygen atoms in total. The molecule has 3 heterocycles. The number of anilines is 1. The maximum absolute atomic E-state index is 13.9. The minimum absolute atomic E-state index is 0.137. The number of aromatic nitrogens is 1. The highest BCUT2D eigenvalue weighted by Crippen LogP contribution is 2.64. The van der Waals surface area contributed by atoms with Gasteiger partial charge in [-0.2, -0.15) is 0 Å². The summed E-state index contributed by atoms with van der Waals surface area (Å²) >= 11 is 0. The van der Waals surface area contributed by atoms with Crippen LogP contribution in [0.5, 0.6) is 11.8 Å². The second-order valence-corrected chi connectivity index (χ2v) is 13.3. The summed E-state index contributed by atoms with van der Waals surface area (Å²) in [6.45, 7) is 7.25. The van der Waals surface area contributed by atoms with Gasteiger partial charge >= 0.3 is 0 Å². The summed E-state index contributed by atoms with van der Waals surface area (Å²) in [5.41, 5.74) is 4.27. The van der Waals surface area contributed by atoms with Gasteiger partial charge in [0.15, 0.2) is 11.8 Å². The van der Waals surface area contributed by atoms with E-state index in [2.05, 4.69) is 16.7 Å². The minimum Gasteiger partial charge on any atom is -0.494 e. The van der Waals surface area contributed by atoms with Crippen LogP contribution in [-0.4, -0.2) is 63.6 Å². The molecule has 1 saturated heterocycles. The van der Waals surface area contributed by atoms with E-state index in [1.807, 2.05) is 10.6 Å². The quantitative estimate of drug-likeness (QED) is 0.473. The Bertz CT molecular complexity index is 1220. The van der Waals surface area contributed by atoms with E-state index < -0.39 is 0 Å². The number of hydrogen-bond donors (Lipinski definition) is 3. The number of likely N-dealkylation sites (tertiary alicyclic amines) is 1. The van der Waals surface area contributed by atoms with Crippen LogP contribution in [0.25, 0.3) is 0 Å². The molecule has 2 bridgehead atoms. The largest absolute Gasteiger partial charge is 0.494 e. The lowest BCUT2D eigenvalue weighted by atomic mass is 9.78. The van der Waals surface area contributed by atoms with Crippen LogP contribution in [0.2, 0.25) is 0 Å². The van der Waals surface area contributed by atoms with Crippen molar-refractivity contribution in [1.29, 1.82) is 0 Å². The highest BCUT2D eigenvalue weighted by atomic mass is 19.1. The Morgan fingerprint density at radius 1 is 0.897 bits per heavy atom. The van der Waals surface area contributed by atoms with E-state index in [9.17, 15) is 19.7 Å². The zero-order valence-corrected chi connectivity index (χ0v) is 23.2. The molecule has 5 aliphatic rings. The number of rotatable bonds is 6. The molecule has 7 heteroatoms. The standard InChI is InChI=1S/C32H44FN3O3/c1-19-25-15-26(27(19)18-37)30-29(25)31(38)36(32(30)39)17-22-5-3-2-4-21(22)16-34-11-9-24(10-12-34)35-13-8-20-6-7-23(33)14-28(20)35/h6-7,14,19,21-22,24-27,37-39H,2-5,8-13,15-18H2,1H3/t19?,21-,22-,25?,26?,27?/m0/s1. The average molecular weight is 538 g/mol. The van der Waals surface area contributed by atoms with Crippen molar-refractivity contribution in [2.24, 2.45) is 23.7 Å². The summed E-state index contributed by atoms with van der Waals surface area (Å²) < 4.78 is 15.7. The third kappa shape index (κ3) is 4.18. The average Bonchev–Trinajstić information content (AvgIpc) is 3.68. The smallest absolute Gasteiger partial charge is 0.197 e. The Labute approximate surface area is 231 Å². The van der Waals surface area contributed by atoms with Crippen LogP contribution < -0.4 is 4.90 Å². The van der Waals surface area contributed by atoms with Crippen molar-refractivity contribution in [3.8, 4) is 11.8 Å². The maximum atomic E-state index is 13.9. The molecule has 212 valence electrons. The highest BCUT2D eigenvalue weighted by molar-refractivity contribution is 5.59. The van der Waals surface area contributed by atoms with Crippen LogP contribution in [0.3, 0.4) is 0 Å². The maximum Gasteiger partial charge on any atom is 0.197 e. The molecule has 1 aromatic heterocycles. The van der Waals surface area contributed by atoms with Gasteiger partial charge in [0.2, 0.25) is 0 Å². The molecule has 6 atom stereocenters. The molecule has 1 aromatic carbocycles. The number of piperidine rings is 1. The Kier molecular flexibility index (Phi) is 6.58. The predicted octanol–water partition coefficient (Wildman–Crippen LogP) is 5.20. The number of aliphatic hydroxyl groups excluding tert-OH is 1. The number of benzene rings is 1. The molecule has 3 fully saturated rings. The van der Waals surface area contributed by atoms with E-state index in [4.69, 9.17) is 0 Å². The van der Waals surface area contributed by atoms with Crippen molar-refractivity contribution in [3.05, 3.63) is 40.7 Å². The number of aromatic hydroxyl groups is 2. The zero-order valence-electron chi connectivity index (χ0n) is 23.2. The molecular formula is C32H44FN3O3. The Hall–Kier alpha value is -2.25. The summed E-state index contributed by atoms with van der Waals surface area (Å²) in [6, 6.07) is 5.75. The normalized spacial score (nSPS) is 32.6. The molecule has 2 aromatic rings. The molecule has 7 rings (SSSR count). The van der Waals surface area contributed by atoms with E-state index in [1.54, 1.807) is 12.1 Å². The SMILES string of the molecule is CC1C2CC(c3c2c(O)n(C[C@@H]2CCCC[C@H]2CN2CCC(N4CCc5ccc(F)cc54)CC2)c3O)C1CO. The Morgan fingerprint density at radius 3 is 2.31 bits per heavy atom. The number of aliphatic hydroxyl groups is 1. The molecule has 0 amide bonds. The van der Waals surface area contributed by atoms with E-state index in [0.717, 1.165) is 75.1 Å². The highest BCUT2D eigenvalue weighted by Gasteiger charge is 2.53. The van der Waals surface area contributed by atoms with Crippen LogP contribution in [-0.2, 0) is 13.0 Å². The fraction of sp³-hybridized carbons (Fsp3) is 0.688. The van der Waals surface area contributed by atoms with Crippen molar-refractivity contribution in [3.63, 3.8) is 0 Å². The van der Waals surface area contributed by atoms with Crippen LogP contribution in [0.15, 0.2) is 18.2 Å². The summed E-state index contributed by atoms with van der Waals surface area (Å²) in [5, 5.41) is 32.5. The van der Waals surface area contributed by atoms with Gasteiger partial charge in [-0.25, -0.2) is 4.39 Å². The molecular weight excluding hydrogens is 493 g/mol. The fourth-order valence-corrected chi connectivity index (χ4v) is 9.37. The van der Waals surface area contributed by atoms with Crippen LogP contribution in [0, 0.1) is 29.5 Å². The number of hydrogen-bond acceptors (Lipinski definition) is 5. The second-order valence-electron chi connectivity index (χ2n) is 13.3. The van der Waals surface area contributed by atoms with Crippen molar-refractivity contribution < 1.29 is 19.7 Å². The van der Waals surface area contributed by atoms with Gasteiger partial charge in [0, 0.05) is 62.2 Å². The van der Waals surface area contributed by atoms with E-state index in [0.29, 0.717) is 30.3 Å². The lowest BCUT2D eigenvalue weighted by Crippen LogP contribution is -2.46. The third-order valence-electron chi connectivity index (χ3n) is 11.5. The van der Waals surface area contributed by atoms with Gasteiger partial charge in [-0.15, -0.1) is 0 Å². The van der Waals surface area contributed by atoms with Gasteiger partial charge in [-0.1, -0.05) is 25.8 Å². The minimum atomic E-state index is -0.137. The summed E-state index contributed by atoms with van der Waals surface area (Å²) in [4.78, 5) is 5.08. The first-order chi connectivity index (χ1) is 18.9. The molecule has 3 aliphatic carbocycles. The summed E-state index contributed by atoms with van der Waals surface area (Å²) in [7, 11) is 0. The monoisotopic (exact) mass is 537 g/mol. The predicted molar refractivity (Wildman–Crippen MR) is 150 cm³/mol. The Balaban J connectivity index is 1.01. The van der Waals surface area contributed by atoms with Crippen molar-refractivity contribution >= 4 is 5.69 Å². The fourth-order valence-electron chi connectivity index (χ4n) is 9.37. The number of nitrogens with zero attached hydrogens (tertiary/aromatic N) is 3. The lowest BCUT2D eigenvalue weighted by Gasteiger charge is -2.41. The summed E-state index contributed by atoms with van der Waals surface area (Å²) in [5.74, 6) is 2.35. The van der Waals surface area contributed by atoms with E-state index >= 15 is 0 Å². The summed E-state index contributed by atoms with van der Waals surface area (Å²) in [6.07, 6.45) is 9.02. The van der Waals surface area contributed by atoms with Gasteiger partial charge in [-0.3, -0.25) is 4.57 Å². The first-order valence-electron chi connectivity index (χ1n) is 15.5. The van der Waals surface area contributed by atoms with Gasteiger partial charge in [0.1, 0.15) is 5.82 Å². The van der Waals surface area contributed by atoms with Gasteiger partial charge < -0.3 is 25.1 Å². The van der Waals surface area contributed by atoms with Crippen molar-refractivity contribution in [2.75, 3.05) is 37.7 Å². The van der Waals surface area contributed by atoms with Crippen molar-refractivity contribution in [1.82, 2.24) is 9.47 Å². The molecule has 2 aliphatic heterocycles. The van der Waals surface area contributed by atoms with Crippen LogP contribution >= 0.6 is 0 Å². The second kappa shape index (κ2) is 9.99. The lowest BCUT2D eigenvalue weighted by molar-refractivity contribution is 0.116. The molecule has 0 radical (unpaired) electrons. The van der Waals surface area contributed by atoms with Gasteiger partial charge in [0.05, 0.1) is 0 Å². The number of fused-ring (bicyclic) bond motifs is 6. The number of halogens is 1. The van der Waals surface area contributed by atoms with Gasteiger partial charge in [-0.05, 0) is 91.7 Å². The molecule has 4 unspecified atom stereocenters. The molecule has 0 spiro atoms. The zero-order chi connectivity index (χ0) is 26.8. The van der Waals surface area contributed by atoms with Crippen LogP contribution in [0.4, 0.5) is 10.1 Å². The molecule has 3 N–H and O–H groups in total. The van der Waals surface area contributed by atoms with Crippen LogP contribution in [0.1, 0.15) is 80.4 Å². The van der Waals surface area contributed by atoms with E-state index in [-0.39, 0.29) is 41.9 Å². The first kappa shape index (κ1) is 25.7. The topological polar surface area (TPSA) is 72.1 Å². The molecule has 2 saturated carbocycles. The van der Waals surface area contributed by atoms with Gasteiger partial charge in [0.25, 0.3) is 0 Å². The first-order valence-corrected chi connectivity index (χ1v) is 15.5. The Morgan fingerprint density at radius 2 is 1.59 bits per heavy atom.